The van der Waals surface area contributed by atoms with Gasteiger partial charge in [0.15, 0.2) is 5.96 Å². The van der Waals surface area contributed by atoms with Gasteiger partial charge in [-0.15, -0.1) is 0 Å². The summed E-state index contributed by atoms with van der Waals surface area (Å²) in [6.45, 7) is 2.03. The predicted molar refractivity (Wildman–Crippen MR) is 185 cm³/mol. The molecule has 57 heavy (non-hydrogen) atoms. The van der Waals surface area contributed by atoms with Crippen molar-refractivity contribution in [1.29, 1.82) is 0 Å². The van der Waals surface area contributed by atoms with Crippen molar-refractivity contribution in [3.05, 3.63) is 78.1 Å². The number of hydrogen-bond donors (Lipinski definition) is 7. The van der Waals surface area contributed by atoms with Crippen LogP contribution in [0.3, 0.4) is 0 Å². The molecule has 1 aliphatic carbocycles. The van der Waals surface area contributed by atoms with Crippen molar-refractivity contribution in [3.8, 4) is 5.69 Å². The Balaban J connectivity index is 0.000000438. The number of rotatable bonds is 6. The van der Waals surface area contributed by atoms with Crippen molar-refractivity contribution < 1.29 is 74.0 Å². The number of nitrogens with two attached hydrogens (primary N) is 2. The lowest BCUT2D eigenvalue weighted by Crippen LogP contribution is -2.38. The number of fused-ring (bicyclic) bond motifs is 1. The van der Waals surface area contributed by atoms with E-state index in [1.807, 2.05) is 66.3 Å². The summed E-state index contributed by atoms with van der Waals surface area (Å²) in [6.07, 6.45) is -7.35. The van der Waals surface area contributed by atoms with E-state index in [0.29, 0.717) is 11.4 Å². The molecule has 24 heteroatoms. The second kappa shape index (κ2) is 19.8. The van der Waals surface area contributed by atoms with Gasteiger partial charge in [0.05, 0.1) is 17.6 Å². The molecule has 1 aliphatic rings. The number of carboxylic acid groups (broad SMARTS) is 3. The van der Waals surface area contributed by atoms with Gasteiger partial charge in [0.1, 0.15) is 5.82 Å². The number of aliphatic carboxylic acids is 3. The molecule has 2 aromatic heterocycles. The highest BCUT2D eigenvalue weighted by molar-refractivity contribution is 6.04. The Labute approximate surface area is 315 Å². The van der Waals surface area contributed by atoms with Gasteiger partial charge in [0.25, 0.3) is 5.91 Å². The number of benzene rings is 2. The molecule has 2 atom stereocenters. The summed E-state index contributed by atoms with van der Waals surface area (Å²) in [6, 6.07) is 17.3. The quantitative estimate of drug-likeness (QED) is 0.0685. The summed E-state index contributed by atoms with van der Waals surface area (Å²) in [5, 5.41) is 28.7. The summed E-state index contributed by atoms with van der Waals surface area (Å²) < 4.78 is 97.2. The molecule has 310 valence electrons. The Kier molecular flexibility index (Phi) is 16.2. The third-order valence-electron chi connectivity index (χ3n) is 7.20. The summed E-state index contributed by atoms with van der Waals surface area (Å²) in [5.41, 5.74) is 14.7. The van der Waals surface area contributed by atoms with Crippen LogP contribution < -0.4 is 22.1 Å². The summed E-state index contributed by atoms with van der Waals surface area (Å²) in [4.78, 5) is 53.5. The third-order valence-corrected chi connectivity index (χ3v) is 7.20. The molecule has 2 aromatic carbocycles. The number of amides is 1. The molecule has 2 heterocycles. The molecule has 15 nitrogen and oxygen atoms in total. The van der Waals surface area contributed by atoms with Crippen molar-refractivity contribution in [1.82, 2.24) is 14.5 Å². The van der Waals surface area contributed by atoms with E-state index in [9.17, 15) is 44.3 Å². The van der Waals surface area contributed by atoms with Gasteiger partial charge in [-0.1, -0.05) is 24.5 Å². The number of aliphatic imine (C=N–C) groups is 1. The van der Waals surface area contributed by atoms with Crippen LogP contribution in [0.4, 0.5) is 51.3 Å². The van der Waals surface area contributed by atoms with Crippen LogP contribution in [0, 0.1) is 6.92 Å². The van der Waals surface area contributed by atoms with Crippen molar-refractivity contribution in [3.63, 3.8) is 0 Å². The maximum Gasteiger partial charge on any atom is 0.490 e. The van der Waals surface area contributed by atoms with Crippen molar-refractivity contribution >= 4 is 52.4 Å². The molecule has 0 bridgehead atoms. The molecule has 1 saturated carbocycles. The molecule has 5 rings (SSSR count). The minimum absolute atomic E-state index is 0.0317. The number of halogens is 9. The summed E-state index contributed by atoms with van der Waals surface area (Å²) in [7, 11) is 0. The largest absolute Gasteiger partial charge is 0.490 e. The Morgan fingerprint density at radius 3 is 1.74 bits per heavy atom. The van der Waals surface area contributed by atoms with Crippen LogP contribution in [-0.2, 0) is 14.4 Å². The fourth-order valence-electron chi connectivity index (χ4n) is 4.67. The van der Waals surface area contributed by atoms with Crippen molar-refractivity contribution in [2.24, 2.45) is 16.5 Å². The molecule has 0 radical (unpaired) electrons. The zero-order chi connectivity index (χ0) is 43.3. The number of nitrogens with one attached hydrogen (secondary N) is 2. The first-order valence-electron chi connectivity index (χ1n) is 15.9. The van der Waals surface area contributed by atoms with Crippen LogP contribution in [0.5, 0.6) is 0 Å². The first kappa shape index (κ1) is 46.5. The highest BCUT2D eigenvalue weighted by Crippen LogP contribution is 2.29. The predicted octanol–water partition coefficient (Wildman–Crippen LogP) is 5.88. The van der Waals surface area contributed by atoms with Gasteiger partial charge in [0, 0.05) is 29.0 Å². The smallest absolute Gasteiger partial charge is 0.475 e. The highest BCUT2D eigenvalue weighted by atomic mass is 19.4. The average molecular weight is 825 g/mol. The second-order valence-corrected chi connectivity index (χ2v) is 11.6. The monoisotopic (exact) mass is 824 g/mol. The SMILES string of the molecule is Cc1ccc2nc(NC(=O)c3ccc(-n4cccc4)cc3)nc(NC3CCCCC3N=C(N)N)c2c1.O=C(O)C(F)(F)F.O=C(O)C(F)(F)F.O=C(O)C(F)(F)F. The number of hydrogen-bond acceptors (Lipinski definition) is 8. The van der Waals surface area contributed by atoms with Gasteiger partial charge in [-0.3, -0.25) is 10.1 Å². The lowest BCUT2D eigenvalue weighted by molar-refractivity contribution is -0.193. The van der Waals surface area contributed by atoms with E-state index in [1.165, 1.54) is 0 Å². The van der Waals surface area contributed by atoms with E-state index >= 15 is 0 Å². The normalized spacial score (nSPS) is 15.2. The van der Waals surface area contributed by atoms with Crippen LogP contribution in [0.1, 0.15) is 41.6 Å². The summed E-state index contributed by atoms with van der Waals surface area (Å²) >= 11 is 0. The molecule has 2 unspecified atom stereocenters. The van der Waals surface area contributed by atoms with E-state index in [2.05, 4.69) is 20.6 Å². The number of guanidine groups is 1. The molecular weight excluding hydrogens is 791 g/mol. The molecule has 0 saturated heterocycles. The number of alkyl halides is 9. The minimum atomic E-state index is -5.08. The maximum absolute atomic E-state index is 13.0. The molecule has 1 amide bonds. The number of carbonyl (C=O) groups excluding carboxylic acids is 1. The van der Waals surface area contributed by atoms with E-state index in [1.54, 1.807) is 12.1 Å². The Hall–Kier alpha value is -6.62. The van der Waals surface area contributed by atoms with Crippen molar-refractivity contribution in [2.45, 2.75) is 63.2 Å². The standard InChI is InChI=1S/C27H30N8O.3C2HF3O2/c1-17-8-13-21-20(16-17)24(30-22-6-2-3-7-23(22)31-26(28)29)33-27(32-21)34-25(36)18-9-11-19(12-10-18)35-14-4-5-15-35;3*3-2(4,5)1(6)7/h4-5,8-16,22-23H,2-3,6-7H2,1H3,(H4,28,29,31)(H2,30,32,33,34,36);3*(H,6,7). The van der Waals surface area contributed by atoms with Crippen LogP contribution in [0.25, 0.3) is 16.6 Å². The fourth-order valence-corrected chi connectivity index (χ4v) is 4.67. The molecule has 4 aromatic rings. The van der Waals surface area contributed by atoms with Crippen LogP contribution in [0.2, 0.25) is 0 Å². The zero-order valence-corrected chi connectivity index (χ0v) is 29.2. The van der Waals surface area contributed by atoms with Crippen LogP contribution in [-0.4, -0.2) is 90.2 Å². The first-order chi connectivity index (χ1) is 26.3. The number of aromatic nitrogens is 3. The van der Waals surface area contributed by atoms with E-state index < -0.39 is 36.4 Å². The lowest BCUT2D eigenvalue weighted by Gasteiger charge is -2.30. The van der Waals surface area contributed by atoms with Gasteiger partial charge < -0.3 is 36.7 Å². The lowest BCUT2D eigenvalue weighted by atomic mass is 9.90. The molecule has 1 fully saturated rings. The van der Waals surface area contributed by atoms with E-state index in [4.69, 9.17) is 46.2 Å². The first-order valence-corrected chi connectivity index (χ1v) is 15.9. The average Bonchev–Trinajstić information content (AvgIpc) is 3.64. The second-order valence-electron chi connectivity index (χ2n) is 11.6. The van der Waals surface area contributed by atoms with Gasteiger partial charge in [-0.05, 0) is 68.3 Å². The zero-order valence-electron chi connectivity index (χ0n) is 29.2. The molecule has 0 spiro atoms. The number of anilines is 2. The maximum atomic E-state index is 13.0. The molecule has 9 N–H and O–H groups in total. The highest BCUT2D eigenvalue weighted by Gasteiger charge is 2.39. The third kappa shape index (κ3) is 15.6. The van der Waals surface area contributed by atoms with Crippen molar-refractivity contribution in [2.75, 3.05) is 10.6 Å². The molecular formula is C33H33F9N8O7. The Bertz CT molecular complexity index is 1960. The van der Waals surface area contributed by atoms with Gasteiger partial charge in [0.2, 0.25) is 5.95 Å². The number of carbonyl (C=O) groups is 4. The van der Waals surface area contributed by atoms with Crippen LogP contribution >= 0.6 is 0 Å². The minimum Gasteiger partial charge on any atom is -0.475 e. The topological polar surface area (TPSA) is 248 Å². The van der Waals surface area contributed by atoms with Gasteiger partial charge in [-0.25, -0.2) is 24.4 Å². The van der Waals surface area contributed by atoms with E-state index in [-0.39, 0.29) is 29.9 Å². The number of aryl methyl sites for hydroxylation is 1. The Morgan fingerprint density at radius 1 is 0.772 bits per heavy atom. The number of carboxylic acids is 3. The molecule has 0 aliphatic heterocycles. The number of nitrogens with zero attached hydrogens (tertiary/aromatic N) is 4. The van der Waals surface area contributed by atoms with Crippen LogP contribution in [0.15, 0.2) is 72.0 Å². The Morgan fingerprint density at radius 2 is 1.26 bits per heavy atom. The summed E-state index contributed by atoms with van der Waals surface area (Å²) in [5.74, 6) is -7.56. The van der Waals surface area contributed by atoms with E-state index in [0.717, 1.165) is 47.8 Å². The van der Waals surface area contributed by atoms with Gasteiger partial charge in [-0.2, -0.15) is 44.5 Å². The van der Waals surface area contributed by atoms with Gasteiger partial charge >= 0.3 is 36.4 Å². The fraction of sp³-hybridized carbons (Fsp3) is 0.303.